The first-order valence-corrected chi connectivity index (χ1v) is 7.53. The molecule has 2 aliphatic heterocycles. The van der Waals surface area contributed by atoms with Gasteiger partial charge in [0.1, 0.15) is 0 Å². The zero-order chi connectivity index (χ0) is 13.0. The summed E-state index contributed by atoms with van der Waals surface area (Å²) in [5, 5.41) is 1.97. The molecule has 0 radical (unpaired) electrons. The molecule has 0 aliphatic carbocycles. The van der Waals surface area contributed by atoms with E-state index in [0.717, 1.165) is 25.0 Å². The van der Waals surface area contributed by atoms with Crippen LogP contribution in [-0.4, -0.2) is 67.7 Å². The topological polar surface area (TPSA) is 35.7 Å². The van der Waals surface area contributed by atoms with Gasteiger partial charge in [0.15, 0.2) is 0 Å². The molecule has 4 heteroatoms. The van der Waals surface area contributed by atoms with E-state index in [0.29, 0.717) is 0 Å². The lowest BCUT2D eigenvalue weighted by atomic mass is 9.93. The van der Waals surface area contributed by atoms with Gasteiger partial charge in [-0.25, -0.2) is 5.01 Å². The second-order valence-corrected chi connectivity index (χ2v) is 6.28. The molecule has 18 heavy (non-hydrogen) atoms. The van der Waals surface area contributed by atoms with Crippen molar-refractivity contribution in [1.82, 2.24) is 14.8 Å². The summed E-state index contributed by atoms with van der Waals surface area (Å²) in [4.78, 5) is 5.04. The van der Waals surface area contributed by atoms with Crippen LogP contribution in [0.1, 0.15) is 32.1 Å². The predicted molar refractivity (Wildman–Crippen MR) is 76.3 cm³/mol. The Hall–Kier alpha value is -0.160. The largest absolute Gasteiger partial charge is 0.306 e. The van der Waals surface area contributed by atoms with Crippen molar-refractivity contribution in [2.45, 2.75) is 38.1 Å². The summed E-state index contributed by atoms with van der Waals surface area (Å²) in [6, 6.07) is 0.816. The minimum absolute atomic E-state index is 0.816. The number of nitrogens with two attached hydrogens (primary N) is 1. The number of rotatable bonds is 4. The summed E-state index contributed by atoms with van der Waals surface area (Å²) in [6.07, 6.45) is 6.62. The first-order valence-electron chi connectivity index (χ1n) is 7.53. The first kappa shape index (κ1) is 14.3. The van der Waals surface area contributed by atoms with Crippen molar-refractivity contribution in [3.05, 3.63) is 0 Å². The van der Waals surface area contributed by atoms with Crippen LogP contribution in [0.4, 0.5) is 0 Å². The van der Waals surface area contributed by atoms with Crippen LogP contribution in [0.25, 0.3) is 0 Å². The second kappa shape index (κ2) is 6.85. The molecule has 0 saturated carbocycles. The normalized spacial score (nSPS) is 26.0. The zero-order valence-electron chi connectivity index (χ0n) is 12.1. The molecular weight excluding hydrogens is 224 g/mol. The number of hydrogen-bond donors (Lipinski definition) is 1. The molecule has 2 aliphatic rings. The van der Waals surface area contributed by atoms with E-state index in [2.05, 4.69) is 23.9 Å². The van der Waals surface area contributed by atoms with E-state index in [9.17, 15) is 0 Å². The van der Waals surface area contributed by atoms with E-state index in [4.69, 9.17) is 5.84 Å². The zero-order valence-corrected chi connectivity index (χ0v) is 12.1. The lowest BCUT2D eigenvalue weighted by Crippen LogP contribution is -2.43. The Labute approximate surface area is 112 Å². The fraction of sp³-hybridized carbons (Fsp3) is 1.00. The van der Waals surface area contributed by atoms with Gasteiger partial charge in [-0.15, -0.1) is 0 Å². The highest BCUT2D eigenvalue weighted by Crippen LogP contribution is 2.21. The lowest BCUT2D eigenvalue weighted by Gasteiger charge is -2.36. The summed E-state index contributed by atoms with van der Waals surface area (Å²) in [5.74, 6) is 6.70. The molecule has 0 aromatic carbocycles. The van der Waals surface area contributed by atoms with Gasteiger partial charge in [0, 0.05) is 19.1 Å². The number of hydrazine groups is 1. The molecule has 0 amide bonds. The van der Waals surface area contributed by atoms with Crippen molar-refractivity contribution in [3.8, 4) is 0 Å². The molecule has 0 aromatic rings. The molecule has 0 bridgehead atoms. The van der Waals surface area contributed by atoms with Crippen LogP contribution < -0.4 is 5.84 Å². The Bertz CT molecular complexity index is 230. The smallest absolute Gasteiger partial charge is 0.0131 e. The van der Waals surface area contributed by atoms with Crippen LogP contribution >= 0.6 is 0 Å². The third-order valence-electron chi connectivity index (χ3n) is 4.85. The average molecular weight is 254 g/mol. The second-order valence-electron chi connectivity index (χ2n) is 6.28. The molecule has 2 rings (SSSR count). The molecule has 2 N–H and O–H groups in total. The van der Waals surface area contributed by atoms with Crippen molar-refractivity contribution in [2.75, 3.05) is 46.8 Å². The van der Waals surface area contributed by atoms with Crippen LogP contribution in [0.15, 0.2) is 0 Å². The summed E-state index contributed by atoms with van der Waals surface area (Å²) >= 11 is 0. The first-order chi connectivity index (χ1) is 8.65. The summed E-state index contributed by atoms with van der Waals surface area (Å²) in [5.41, 5.74) is 0. The predicted octanol–water partition coefficient (Wildman–Crippen LogP) is 0.988. The van der Waals surface area contributed by atoms with Gasteiger partial charge in [-0.3, -0.25) is 5.84 Å². The minimum Gasteiger partial charge on any atom is -0.306 e. The Morgan fingerprint density at radius 2 is 1.67 bits per heavy atom. The molecule has 0 unspecified atom stereocenters. The van der Waals surface area contributed by atoms with Gasteiger partial charge >= 0.3 is 0 Å². The highest BCUT2D eigenvalue weighted by Gasteiger charge is 2.22. The Kier molecular flexibility index (Phi) is 5.42. The Balaban J connectivity index is 1.63. The van der Waals surface area contributed by atoms with Crippen molar-refractivity contribution in [1.29, 1.82) is 0 Å². The Morgan fingerprint density at radius 3 is 2.28 bits per heavy atom. The van der Waals surface area contributed by atoms with Gasteiger partial charge in [-0.2, -0.15) is 0 Å². The minimum atomic E-state index is 0.816. The summed E-state index contributed by atoms with van der Waals surface area (Å²) < 4.78 is 0. The number of likely N-dealkylation sites (tertiary alicyclic amines) is 1. The molecule has 2 heterocycles. The van der Waals surface area contributed by atoms with E-state index < -0.39 is 0 Å². The third-order valence-corrected chi connectivity index (χ3v) is 4.85. The van der Waals surface area contributed by atoms with E-state index in [1.807, 2.05) is 5.01 Å². The molecule has 0 spiro atoms. The third kappa shape index (κ3) is 4.19. The van der Waals surface area contributed by atoms with Gasteiger partial charge in [0.05, 0.1) is 0 Å². The summed E-state index contributed by atoms with van der Waals surface area (Å²) in [7, 11) is 4.55. The van der Waals surface area contributed by atoms with E-state index in [1.165, 1.54) is 51.7 Å². The van der Waals surface area contributed by atoms with Crippen LogP contribution in [0.5, 0.6) is 0 Å². The maximum atomic E-state index is 5.80. The van der Waals surface area contributed by atoms with Crippen LogP contribution in [0, 0.1) is 5.92 Å². The molecule has 106 valence electrons. The monoisotopic (exact) mass is 254 g/mol. The van der Waals surface area contributed by atoms with Crippen LogP contribution in [-0.2, 0) is 0 Å². The van der Waals surface area contributed by atoms with Crippen molar-refractivity contribution < 1.29 is 0 Å². The standard InChI is InChI=1S/C14H30N4/c1-16-8-6-14(7-9-16)17(2)10-3-13-4-11-18(15)12-5-13/h13-14H,3-12,15H2,1-2H3. The van der Waals surface area contributed by atoms with Gasteiger partial charge in [0.2, 0.25) is 0 Å². The summed E-state index contributed by atoms with van der Waals surface area (Å²) in [6.45, 7) is 5.97. The van der Waals surface area contributed by atoms with Crippen molar-refractivity contribution >= 4 is 0 Å². The van der Waals surface area contributed by atoms with Crippen molar-refractivity contribution in [2.24, 2.45) is 11.8 Å². The number of piperidine rings is 2. The van der Waals surface area contributed by atoms with Gasteiger partial charge in [-0.1, -0.05) is 0 Å². The van der Waals surface area contributed by atoms with Crippen molar-refractivity contribution in [3.63, 3.8) is 0 Å². The van der Waals surface area contributed by atoms with Gasteiger partial charge in [0.25, 0.3) is 0 Å². The molecule has 2 saturated heterocycles. The van der Waals surface area contributed by atoms with Crippen LogP contribution in [0.2, 0.25) is 0 Å². The molecular formula is C14H30N4. The maximum Gasteiger partial charge on any atom is 0.0131 e. The van der Waals surface area contributed by atoms with E-state index in [-0.39, 0.29) is 0 Å². The highest BCUT2D eigenvalue weighted by molar-refractivity contribution is 4.78. The quantitative estimate of drug-likeness (QED) is 0.759. The molecule has 4 nitrogen and oxygen atoms in total. The number of nitrogens with zero attached hydrogens (tertiary/aromatic N) is 3. The van der Waals surface area contributed by atoms with E-state index >= 15 is 0 Å². The lowest BCUT2D eigenvalue weighted by molar-refractivity contribution is 0.125. The van der Waals surface area contributed by atoms with Gasteiger partial charge < -0.3 is 9.80 Å². The van der Waals surface area contributed by atoms with E-state index in [1.54, 1.807) is 0 Å². The SMILES string of the molecule is CN1CCC(N(C)CCC2CCN(N)CC2)CC1. The number of hydrogen-bond acceptors (Lipinski definition) is 4. The fourth-order valence-corrected chi connectivity index (χ4v) is 3.25. The fourth-order valence-electron chi connectivity index (χ4n) is 3.25. The maximum absolute atomic E-state index is 5.80. The van der Waals surface area contributed by atoms with Gasteiger partial charge in [-0.05, 0) is 71.8 Å². The molecule has 2 fully saturated rings. The Morgan fingerprint density at radius 1 is 1.06 bits per heavy atom. The highest BCUT2D eigenvalue weighted by atomic mass is 15.4. The average Bonchev–Trinajstić information content (AvgIpc) is 2.38. The molecule has 0 aromatic heterocycles. The molecule has 0 atom stereocenters. The van der Waals surface area contributed by atoms with Crippen LogP contribution in [0.3, 0.4) is 0 Å².